The van der Waals surface area contributed by atoms with Gasteiger partial charge in [0.25, 0.3) is 0 Å². The fourth-order valence-electron chi connectivity index (χ4n) is 3.26. The maximum absolute atomic E-state index is 11.8. The quantitative estimate of drug-likeness (QED) is 0.331. The fourth-order valence-corrected chi connectivity index (χ4v) is 4.09. The zero-order valence-corrected chi connectivity index (χ0v) is 20.6. The van der Waals surface area contributed by atoms with E-state index in [4.69, 9.17) is 4.74 Å². The second-order valence-electron chi connectivity index (χ2n) is 7.11. The van der Waals surface area contributed by atoms with Gasteiger partial charge < -0.3 is 20.3 Å². The molecule has 1 saturated heterocycles. The summed E-state index contributed by atoms with van der Waals surface area (Å²) in [7, 11) is 0. The summed E-state index contributed by atoms with van der Waals surface area (Å²) >= 11 is 1.51. The molecule has 2 N–H and O–H groups in total. The average Bonchev–Trinajstić information content (AvgIpc) is 2.87. The van der Waals surface area contributed by atoms with Crippen LogP contribution in [0.2, 0.25) is 0 Å². The zero-order chi connectivity index (χ0) is 24.2. The van der Waals surface area contributed by atoms with Gasteiger partial charge in [-0.05, 0) is 61.5 Å². The molecular formula is C26H31N5O2S. The molecule has 2 heterocycles. The molecule has 7 nitrogen and oxygen atoms in total. The summed E-state index contributed by atoms with van der Waals surface area (Å²) in [6.45, 7) is 9.17. The first-order valence-corrected chi connectivity index (χ1v) is 12.3. The molecule has 0 bridgehead atoms. The molecule has 1 aliphatic heterocycles. The van der Waals surface area contributed by atoms with Crippen molar-refractivity contribution in [1.29, 1.82) is 0 Å². The first-order valence-electron chi connectivity index (χ1n) is 11.4. The summed E-state index contributed by atoms with van der Waals surface area (Å²) < 4.78 is 5.42. The molecule has 0 spiro atoms. The van der Waals surface area contributed by atoms with Crippen LogP contribution in [0.25, 0.3) is 0 Å². The Morgan fingerprint density at radius 1 is 1.06 bits per heavy atom. The highest BCUT2D eigenvalue weighted by Gasteiger charge is 2.11. The number of anilines is 4. The standard InChI is InChI=1S/C24H25N5O2S.C2H6/c1-2-4-22(30)26-19-5-3-6-21(17-19)32-23-11-12-25-24(28-23)27-18-7-9-20(10-8-18)29-13-15-31-16-14-29;1-2/h2-12,17H,13-16H2,1H3,(H,26,30)(H,25,27,28);1-2H3/b4-2-;. The van der Waals surface area contributed by atoms with E-state index in [1.54, 1.807) is 12.3 Å². The van der Waals surface area contributed by atoms with Crippen LogP contribution in [0.3, 0.4) is 0 Å². The van der Waals surface area contributed by atoms with Gasteiger partial charge in [0.1, 0.15) is 5.03 Å². The maximum atomic E-state index is 11.8. The first-order chi connectivity index (χ1) is 16.7. The topological polar surface area (TPSA) is 79.4 Å². The molecule has 0 unspecified atom stereocenters. The van der Waals surface area contributed by atoms with E-state index in [9.17, 15) is 4.79 Å². The Balaban J connectivity index is 0.00000158. The van der Waals surface area contributed by atoms with E-state index >= 15 is 0 Å². The van der Waals surface area contributed by atoms with Gasteiger partial charge in [0.15, 0.2) is 0 Å². The van der Waals surface area contributed by atoms with E-state index in [1.165, 1.54) is 23.5 Å². The highest BCUT2D eigenvalue weighted by atomic mass is 32.2. The van der Waals surface area contributed by atoms with Crippen molar-refractivity contribution in [3.05, 3.63) is 72.9 Å². The monoisotopic (exact) mass is 477 g/mol. The predicted molar refractivity (Wildman–Crippen MR) is 140 cm³/mol. The largest absolute Gasteiger partial charge is 0.378 e. The van der Waals surface area contributed by atoms with Crippen molar-refractivity contribution in [1.82, 2.24) is 9.97 Å². The van der Waals surface area contributed by atoms with Gasteiger partial charge in [-0.3, -0.25) is 4.79 Å². The van der Waals surface area contributed by atoms with Crippen molar-refractivity contribution in [3.8, 4) is 0 Å². The van der Waals surface area contributed by atoms with Gasteiger partial charge in [0, 0.05) is 41.2 Å². The van der Waals surface area contributed by atoms with Crippen LogP contribution in [0.4, 0.5) is 23.0 Å². The summed E-state index contributed by atoms with van der Waals surface area (Å²) in [4.78, 5) is 24.0. The SMILES string of the molecule is C/C=C\C(=O)Nc1cccc(Sc2ccnc(Nc3ccc(N4CCOCC4)cc3)n2)c1.CC. The average molecular weight is 478 g/mol. The number of rotatable bonds is 7. The molecular weight excluding hydrogens is 446 g/mol. The Morgan fingerprint density at radius 3 is 2.56 bits per heavy atom. The molecule has 0 saturated carbocycles. The molecule has 1 amide bonds. The predicted octanol–water partition coefficient (Wildman–Crippen LogP) is 5.75. The smallest absolute Gasteiger partial charge is 0.248 e. The van der Waals surface area contributed by atoms with E-state index in [-0.39, 0.29) is 5.91 Å². The third kappa shape index (κ3) is 7.60. The number of amides is 1. The molecule has 4 rings (SSSR count). The number of nitrogens with one attached hydrogen (secondary N) is 2. The van der Waals surface area contributed by atoms with Gasteiger partial charge in [0.05, 0.1) is 13.2 Å². The first kappa shape index (κ1) is 25.3. The summed E-state index contributed by atoms with van der Waals surface area (Å²) in [6.07, 6.45) is 4.94. The van der Waals surface area contributed by atoms with Gasteiger partial charge in [-0.1, -0.05) is 37.8 Å². The Hall–Kier alpha value is -3.36. The van der Waals surface area contributed by atoms with Crippen LogP contribution >= 0.6 is 11.8 Å². The number of allylic oxidation sites excluding steroid dienone is 1. The fraction of sp³-hybridized carbons (Fsp3) is 0.269. The second kappa shape index (κ2) is 13.4. The van der Waals surface area contributed by atoms with Crippen LogP contribution in [0.1, 0.15) is 20.8 Å². The number of aromatic nitrogens is 2. The van der Waals surface area contributed by atoms with Crippen molar-refractivity contribution in [2.45, 2.75) is 30.7 Å². The van der Waals surface area contributed by atoms with E-state index in [0.717, 1.165) is 47.6 Å². The van der Waals surface area contributed by atoms with Crippen molar-refractivity contribution >= 4 is 40.7 Å². The normalized spacial score (nSPS) is 13.2. The minimum Gasteiger partial charge on any atom is -0.378 e. The summed E-state index contributed by atoms with van der Waals surface area (Å²) in [5.74, 6) is 0.384. The number of carbonyl (C=O) groups excluding carboxylic acids is 1. The number of ether oxygens (including phenoxy) is 1. The molecule has 8 heteroatoms. The van der Waals surface area contributed by atoms with Crippen molar-refractivity contribution in [2.24, 2.45) is 0 Å². The van der Waals surface area contributed by atoms with Crippen LogP contribution in [0.15, 0.2) is 82.9 Å². The van der Waals surface area contributed by atoms with Crippen LogP contribution in [-0.2, 0) is 9.53 Å². The van der Waals surface area contributed by atoms with Gasteiger partial charge in [-0.15, -0.1) is 0 Å². The molecule has 34 heavy (non-hydrogen) atoms. The van der Waals surface area contributed by atoms with Crippen molar-refractivity contribution in [2.75, 3.05) is 41.8 Å². The van der Waals surface area contributed by atoms with E-state index in [1.807, 2.05) is 63.2 Å². The number of hydrogen-bond acceptors (Lipinski definition) is 7. The molecule has 3 aromatic rings. The Bertz CT molecular complexity index is 1080. The lowest BCUT2D eigenvalue weighted by Crippen LogP contribution is -2.36. The number of benzene rings is 2. The zero-order valence-electron chi connectivity index (χ0n) is 19.8. The number of carbonyl (C=O) groups is 1. The third-order valence-electron chi connectivity index (χ3n) is 4.77. The molecule has 1 aromatic heterocycles. The molecule has 0 atom stereocenters. The summed E-state index contributed by atoms with van der Waals surface area (Å²) in [5.41, 5.74) is 2.86. The number of hydrogen-bond donors (Lipinski definition) is 2. The van der Waals surface area contributed by atoms with Crippen molar-refractivity contribution in [3.63, 3.8) is 0 Å². The molecule has 1 fully saturated rings. The Morgan fingerprint density at radius 2 is 1.82 bits per heavy atom. The molecule has 2 aromatic carbocycles. The second-order valence-corrected chi connectivity index (χ2v) is 8.20. The van der Waals surface area contributed by atoms with E-state index in [2.05, 4.69) is 37.6 Å². The lowest BCUT2D eigenvalue weighted by atomic mass is 10.2. The number of morpholine rings is 1. The van der Waals surface area contributed by atoms with Crippen molar-refractivity contribution < 1.29 is 9.53 Å². The minimum absolute atomic E-state index is 0.150. The molecule has 178 valence electrons. The van der Waals surface area contributed by atoms with Gasteiger partial charge in [-0.2, -0.15) is 0 Å². The van der Waals surface area contributed by atoms with Crippen LogP contribution < -0.4 is 15.5 Å². The van der Waals surface area contributed by atoms with E-state index < -0.39 is 0 Å². The maximum Gasteiger partial charge on any atom is 0.248 e. The third-order valence-corrected chi connectivity index (χ3v) is 5.70. The molecule has 1 aliphatic rings. The van der Waals surface area contributed by atoms with Gasteiger partial charge >= 0.3 is 0 Å². The van der Waals surface area contributed by atoms with Crippen LogP contribution in [0, 0.1) is 0 Å². The minimum atomic E-state index is -0.150. The van der Waals surface area contributed by atoms with Gasteiger partial charge in [-0.25, -0.2) is 9.97 Å². The molecule has 0 radical (unpaired) electrons. The summed E-state index contributed by atoms with van der Waals surface area (Å²) in [5, 5.41) is 6.92. The Kier molecular flexibility index (Phi) is 9.94. The summed E-state index contributed by atoms with van der Waals surface area (Å²) in [6, 6.07) is 17.8. The Labute approximate surface area is 205 Å². The number of nitrogens with zero attached hydrogens (tertiary/aromatic N) is 3. The van der Waals surface area contributed by atoms with Gasteiger partial charge in [0.2, 0.25) is 11.9 Å². The molecule has 0 aliphatic carbocycles. The highest BCUT2D eigenvalue weighted by molar-refractivity contribution is 7.99. The lowest BCUT2D eigenvalue weighted by molar-refractivity contribution is -0.111. The highest BCUT2D eigenvalue weighted by Crippen LogP contribution is 2.29. The van der Waals surface area contributed by atoms with Crippen LogP contribution in [0.5, 0.6) is 0 Å². The van der Waals surface area contributed by atoms with E-state index in [0.29, 0.717) is 5.95 Å². The lowest BCUT2D eigenvalue weighted by Gasteiger charge is -2.28. The van der Waals surface area contributed by atoms with Crippen LogP contribution in [-0.4, -0.2) is 42.2 Å².